The monoisotopic (exact) mass is 415 g/mol. The van der Waals surface area contributed by atoms with Gasteiger partial charge in [-0.25, -0.2) is 18.6 Å². The van der Waals surface area contributed by atoms with Crippen LogP contribution in [0.3, 0.4) is 0 Å². The summed E-state index contributed by atoms with van der Waals surface area (Å²) in [5, 5.41) is 3.31. The summed E-state index contributed by atoms with van der Waals surface area (Å²) in [5.74, 6) is -0.414. The highest BCUT2D eigenvalue weighted by atomic mass is 19.3. The number of aryl methyl sites for hydroxylation is 1. The molecule has 0 aliphatic carbocycles. The number of nitrogens with zero attached hydrogens (tertiary/aromatic N) is 2. The molecule has 0 unspecified atom stereocenters. The van der Waals surface area contributed by atoms with Crippen LogP contribution in [0.25, 0.3) is 16.9 Å². The minimum absolute atomic E-state index is 0.0400. The summed E-state index contributed by atoms with van der Waals surface area (Å²) in [5.41, 5.74) is 4.10. The number of nitrogens with one attached hydrogen (secondary N) is 1. The number of halogens is 2. The topological polar surface area (TPSA) is 64.9 Å². The number of pyridine rings is 1. The molecule has 1 aliphatic rings. The van der Waals surface area contributed by atoms with Crippen LogP contribution >= 0.6 is 0 Å². The standard InChI is InChI=1S/C22H23F2N3O3/c1-13-9-15(22(28)29-2)3-4-17(13)20-18(11-16-12-25-6-8-30-16)27-7-5-14(21(23)24)10-19(27)26-20/h3-5,7,9-10,16,21,25H,6,8,11-12H2,1-2H3/t16-/m0/s1. The minimum atomic E-state index is -2.56. The molecule has 158 valence electrons. The van der Waals surface area contributed by atoms with Gasteiger partial charge in [-0.2, -0.15) is 0 Å². The predicted molar refractivity (Wildman–Crippen MR) is 108 cm³/mol. The molecule has 0 radical (unpaired) electrons. The SMILES string of the molecule is COC(=O)c1ccc(-c2nc3cc(C(F)F)ccn3c2C[C@H]2CNCCO2)c(C)c1. The number of morpholine rings is 1. The lowest BCUT2D eigenvalue weighted by Gasteiger charge is -2.24. The molecule has 0 bridgehead atoms. The van der Waals surface area contributed by atoms with E-state index in [4.69, 9.17) is 9.47 Å². The van der Waals surface area contributed by atoms with Crippen molar-refractivity contribution in [1.82, 2.24) is 14.7 Å². The summed E-state index contributed by atoms with van der Waals surface area (Å²) in [6, 6.07) is 8.08. The van der Waals surface area contributed by atoms with Crippen molar-refractivity contribution in [3.05, 3.63) is 58.9 Å². The Morgan fingerprint density at radius 2 is 2.20 bits per heavy atom. The summed E-state index contributed by atoms with van der Waals surface area (Å²) in [4.78, 5) is 16.5. The molecule has 1 atom stereocenters. The predicted octanol–water partition coefficient (Wildman–Crippen LogP) is 3.56. The van der Waals surface area contributed by atoms with Gasteiger partial charge in [-0.15, -0.1) is 0 Å². The fourth-order valence-electron chi connectivity index (χ4n) is 3.80. The van der Waals surface area contributed by atoms with Gasteiger partial charge < -0.3 is 19.2 Å². The highest BCUT2D eigenvalue weighted by Crippen LogP contribution is 2.31. The van der Waals surface area contributed by atoms with Gasteiger partial charge in [-0.3, -0.25) is 0 Å². The van der Waals surface area contributed by atoms with Crippen molar-refractivity contribution in [3.63, 3.8) is 0 Å². The van der Waals surface area contributed by atoms with Gasteiger partial charge in [0.05, 0.1) is 36.8 Å². The molecule has 1 N–H and O–H groups in total. The second kappa shape index (κ2) is 8.49. The van der Waals surface area contributed by atoms with Gasteiger partial charge >= 0.3 is 5.97 Å². The van der Waals surface area contributed by atoms with Gasteiger partial charge in [0.15, 0.2) is 0 Å². The molecule has 30 heavy (non-hydrogen) atoms. The van der Waals surface area contributed by atoms with Crippen molar-refractivity contribution in [2.24, 2.45) is 0 Å². The number of imidazole rings is 1. The van der Waals surface area contributed by atoms with Crippen molar-refractivity contribution >= 4 is 11.6 Å². The van der Waals surface area contributed by atoms with Crippen LogP contribution in [0.1, 0.15) is 33.6 Å². The first-order chi connectivity index (χ1) is 14.5. The summed E-state index contributed by atoms with van der Waals surface area (Å²) in [7, 11) is 1.34. The lowest BCUT2D eigenvalue weighted by Crippen LogP contribution is -2.39. The van der Waals surface area contributed by atoms with Crippen molar-refractivity contribution in [2.45, 2.75) is 25.9 Å². The summed E-state index contributed by atoms with van der Waals surface area (Å²) < 4.78 is 38.9. The zero-order chi connectivity index (χ0) is 21.3. The molecule has 6 nitrogen and oxygen atoms in total. The van der Waals surface area contributed by atoms with Gasteiger partial charge in [0.2, 0.25) is 0 Å². The average molecular weight is 415 g/mol. The Labute approximate surface area is 172 Å². The Balaban J connectivity index is 1.82. The van der Waals surface area contributed by atoms with Crippen LogP contribution in [0.15, 0.2) is 36.5 Å². The van der Waals surface area contributed by atoms with Crippen molar-refractivity contribution in [1.29, 1.82) is 0 Å². The molecule has 4 rings (SSSR count). The maximum absolute atomic E-state index is 13.2. The highest BCUT2D eigenvalue weighted by molar-refractivity contribution is 5.90. The smallest absolute Gasteiger partial charge is 0.337 e. The van der Waals surface area contributed by atoms with E-state index in [1.54, 1.807) is 18.3 Å². The van der Waals surface area contributed by atoms with E-state index in [-0.39, 0.29) is 11.7 Å². The first-order valence-electron chi connectivity index (χ1n) is 9.78. The van der Waals surface area contributed by atoms with E-state index in [0.29, 0.717) is 36.5 Å². The number of alkyl halides is 2. The molecular weight excluding hydrogens is 392 g/mol. The number of esters is 1. The normalized spacial score (nSPS) is 16.9. The number of methoxy groups -OCH3 is 1. The lowest BCUT2D eigenvalue weighted by atomic mass is 9.99. The third kappa shape index (κ3) is 3.93. The zero-order valence-electron chi connectivity index (χ0n) is 16.8. The van der Waals surface area contributed by atoms with E-state index in [2.05, 4.69) is 10.3 Å². The Kier molecular flexibility index (Phi) is 5.78. The van der Waals surface area contributed by atoms with E-state index < -0.39 is 12.4 Å². The Hall–Kier alpha value is -2.84. The number of ether oxygens (including phenoxy) is 2. The number of carbonyl (C=O) groups is 1. The molecule has 0 spiro atoms. The van der Waals surface area contributed by atoms with Crippen molar-refractivity contribution in [2.75, 3.05) is 26.8 Å². The van der Waals surface area contributed by atoms with Gasteiger partial charge in [-0.05, 0) is 36.8 Å². The van der Waals surface area contributed by atoms with Crippen LogP contribution < -0.4 is 5.32 Å². The number of aromatic nitrogens is 2. The molecule has 1 aliphatic heterocycles. The molecule has 1 aromatic carbocycles. The number of hydrogen-bond donors (Lipinski definition) is 1. The summed E-state index contributed by atoms with van der Waals surface area (Å²) in [6.45, 7) is 4.03. The van der Waals surface area contributed by atoms with Crippen molar-refractivity contribution in [3.8, 4) is 11.3 Å². The van der Waals surface area contributed by atoms with Crippen LogP contribution in [-0.4, -0.2) is 48.3 Å². The van der Waals surface area contributed by atoms with Crippen LogP contribution in [0.4, 0.5) is 8.78 Å². The van der Waals surface area contributed by atoms with Crippen LogP contribution in [0.5, 0.6) is 0 Å². The molecule has 3 heterocycles. The number of hydrogen-bond acceptors (Lipinski definition) is 5. The largest absolute Gasteiger partial charge is 0.465 e. The fourth-order valence-corrected chi connectivity index (χ4v) is 3.80. The molecule has 2 aromatic heterocycles. The maximum atomic E-state index is 13.2. The van der Waals surface area contributed by atoms with Crippen LogP contribution in [-0.2, 0) is 15.9 Å². The van der Waals surface area contributed by atoms with Gasteiger partial charge in [0.1, 0.15) is 5.65 Å². The lowest BCUT2D eigenvalue weighted by molar-refractivity contribution is 0.0286. The van der Waals surface area contributed by atoms with E-state index in [1.165, 1.54) is 19.2 Å². The highest BCUT2D eigenvalue weighted by Gasteiger charge is 2.23. The summed E-state index contributed by atoms with van der Waals surface area (Å²) in [6.07, 6.45) is -0.389. The minimum Gasteiger partial charge on any atom is -0.465 e. The average Bonchev–Trinajstić information content (AvgIpc) is 3.11. The number of carbonyl (C=O) groups excluding carboxylic acids is 1. The third-order valence-corrected chi connectivity index (χ3v) is 5.33. The van der Waals surface area contributed by atoms with E-state index >= 15 is 0 Å². The van der Waals surface area contributed by atoms with Gasteiger partial charge in [0, 0.05) is 36.8 Å². The number of fused-ring (bicyclic) bond motifs is 1. The van der Waals surface area contributed by atoms with E-state index in [0.717, 1.165) is 23.4 Å². The van der Waals surface area contributed by atoms with E-state index in [1.807, 2.05) is 17.4 Å². The molecule has 1 saturated heterocycles. The molecule has 0 amide bonds. The third-order valence-electron chi connectivity index (χ3n) is 5.33. The second-order valence-electron chi connectivity index (χ2n) is 7.32. The number of rotatable bonds is 5. The first-order valence-corrected chi connectivity index (χ1v) is 9.78. The van der Waals surface area contributed by atoms with Gasteiger partial charge in [0.25, 0.3) is 6.43 Å². The van der Waals surface area contributed by atoms with Crippen molar-refractivity contribution < 1.29 is 23.0 Å². The van der Waals surface area contributed by atoms with Gasteiger partial charge in [-0.1, -0.05) is 6.07 Å². The Morgan fingerprint density at radius 1 is 1.37 bits per heavy atom. The maximum Gasteiger partial charge on any atom is 0.337 e. The second-order valence-corrected chi connectivity index (χ2v) is 7.32. The Morgan fingerprint density at radius 3 is 2.87 bits per heavy atom. The summed E-state index contributed by atoms with van der Waals surface area (Å²) >= 11 is 0. The number of benzene rings is 1. The molecule has 8 heteroatoms. The van der Waals surface area contributed by atoms with Crippen LogP contribution in [0, 0.1) is 6.92 Å². The molecule has 1 fully saturated rings. The zero-order valence-corrected chi connectivity index (χ0v) is 16.8. The Bertz CT molecular complexity index is 1070. The van der Waals surface area contributed by atoms with Crippen LogP contribution in [0.2, 0.25) is 0 Å². The quantitative estimate of drug-likeness (QED) is 0.646. The molecular formula is C22H23F2N3O3. The molecule has 0 saturated carbocycles. The first kappa shape index (κ1) is 20.4. The fraction of sp³-hybridized carbons (Fsp3) is 0.364. The molecule has 3 aromatic rings. The van der Waals surface area contributed by atoms with E-state index in [9.17, 15) is 13.6 Å².